The molecule has 7 rings (SSSR count). The lowest BCUT2D eigenvalue weighted by Crippen LogP contribution is -1.97. The number of aromatic nitrogens is 4. The average molecular weight is 543 g/mol. The van der Waals surface area contributed by atoms with E-state index >= 15 is 0 Å². The molecule has 0 atom stereocenters. The molecule has 0 radical (unpaired) electrons. The molecule has 0 spiro atoms. The van der Waals surface area contributed by atoms with Crippen LogP contribution in [0.25, 0.3) is 66.4 Å². The molecule has 0 fully saturated rings. The van der Waals surface area contributed by atoms with Crippen LogP contribution in [-0.2, 0) is 0 Å². The summed E-state index contributed by atoms with van der Waals surface area (Å²) in [6.45, 7) is 8.40. The molecule has 42 heavy (non-hydrogen) atoms. The van der Waals surface area contributed by atoms with Gasteiger partial charge in [-0.2, -0.15) is 0 Å². The number of benzene rings is 3. The molecule has 4 nitrogen and oxygen atoms in total. The molecule has 202 valence electrons. The molecule has 0 N–H and O–H groups in total. The molecule has 0 aliphatic carbocycles. The summed E-state index contributed by atoms with van der Waals surface area (Å²) in [6.07, 6.45) is 7.64. The first-order valence-electron chi connectivity index (χ1n) is 14.2. The average Bonchev–Trinajstić information content (AvgIpc) is 3.01. The van der Waals surface area contributed by atoms with Crippen molar-refractivity contribution >= 4 is 21.5 Å². The van der Waals surface area contributed by atoms with Gasteiger partial charge in [0.1, 0.15) is 0 Å². The van der Waals surface area contributed by atoms with Crippen molar-refractivity contribution in [2.24, 2.45) is 0 Å². The maximum Gasteiger partial charge on any atom is 0.0889 e. The maximum absolute atomic E-state index is 5.03. The number of nitrogens with zero attached hydrogens (tertiary/aromatic N) is 4. The van der Waals surface area contributed by atoms with Crippen LogP contribution in [-0.4, -0.2) is 19.9 Å². The van der Waals surface area contributed by atoms with Crippen molar-refractivity contribution in [3.05, 3.63) is 132 Å². The molecule has 0 saturated heterocycles. The molecular formula is C38H30N4. The largest absolute Gasteiger partial charge is 0.264 e. The Hall–Kier alpha value is -5.22. The zero-order chi connectivity index (χ0) is 28.8. The molecule has 0 aliphatic heterocycles. The van der Waals surface area contributed by atoms with Crippen LogP contribution in [0.5, 0.6) is 0 Å². The Kier molecular flexibility index (Phi) is 6.32. The normalized spacial score (nSPS) is 11.3. The third kappa shape index (κ3) is 4.33. The number of rotatable bonds is 4. The minimum absolute atomic E-state index is 0.882. The second-order valence-electron chi connectivity index (χ2n) is 11.0. The van der Waals surface area contributed by atoms with Crippen LogP contribution in [0.2, 0.25) is 0 Å². The first kappa shape index (κ1) is 25.7. The van der Waals surface area contributed by atoms with Crippen molar-refractivity contribution in [1.29, 1.82) is 0 Å². The van der Waals surface area contributed by atoms with Gasteiger partial charge in [-0.15, -0.1) is 0 Å². The Labute approximate surface area is 245 Å². The standard InChI is InChI=1S/C38H30N4/c1-23-13-15-34(40-20-23)35-16-14-28(26(4)42-35)37-29-9-5-7-11-31(29)38(32-12-8-6-10-30(32)37)33-22-41-36(19-24(33)2)27-17-18-39-21-25(27)3/h5-22H,1-4H3. The van der Waals surface area contributed by atoms with Crippen molar-refractivity contribution in [2.75, 3.05) is 0 Å². The van der Waals surface area contributed by atoms with E-state index in [0.717, 1.165) is 50.6 Å². The molecule has 0 amide bonds. The van der Waals surface area contributed by atoms with E-state index in [4.69, 9.17) is 9.97 Å². The monoisotopic (exact) mass is 542 g/mol. The molecular weight excluding hydrogens is 512 g/mol. The topological polar surface area (TPSA) is 51.6 Å². The first-order chi connectivity index (χ1) is 20.5. The van der Waals surface area contributed by atoms with Gasteiger partial charge in [0, 0.05) is 47.2 Å². The highest BCUT2D eigenvalue weighted by atomic mass is 14.8. The minimum atomic E-state index is 0.882. The Morgan fingerprint density at radius 2 is 1.10 bits per heavy atom. The van der Waals surface area contributed by atoms with Crippen molar-refractivity contribution in [1.82, 2.24) is 19.9 Å². The summed E-state index contributed by atoms with van der Waals surface area (Å²) < 4.78 is 0. The first-order valence-corrected chi connectivity index (χ1v) is 14.2. The summed E-state index contributed by atoms with van der Waals surface area (Å²) >= 11 is 0. The quantitative estimate of drug-likeness (QED) is 0.208. The number of aryl methyl sites for hydroxylation is 4. The SMILES string of the molecule is Cc1ccc(-c2ccc(-c3c4ccccc4c(-c4cnc(-c5ccncc5C)cc4C)c4ccccc34)c(C)n2)nc1. The van der Waals surface area contributed by atoms with Gasteiger partial charge in [-0.25, -0.2) is 0 Å². The molecule has 0 unspecified atom stereocenters. The van der Waals surface area contributed by atoms with E-state index in [1.54, 1.807) is 0 Å². The van der Waals surface area contributed by atoms with Gasteiger partial charge in [-0.3, -0.25) is 19.9 Å². The summed E-state index contributed by atoms with van der Waals surface area (Å²) in [5, 5.41) is 4.80. The molecule has 3 aromatic carbocycles. The third-order valence-electron chi connectivity index (χ3n) is 8.14. The van der Waals surface area contributed by atoms with Crippen molar-refractivity contribution in [3.63, 3.8) is 0 Å². The third-order valence-corrected chi connectivity index (χ3v) is 8.14. The van der Waals surface area contributed by atoms with E-state index in [9.17, 15) is 0 Å². The van der Waals surface area contributed by atoms with Gasteiger partial charge >= 0.3 is 0 Å². The highest BCUT2D eigenvalue weighted by Gasteiger charge is 2.20. The number of hydrogen-bond acceptors (Lipinski definition) is 4. The Bertz CT molecular complexity index is 2070. The molecule has 4 heteroatoms. The van der Waals surface area contributed by atoms with Gasteiger partial charge in [-0.1, -0.05) is 60.7 Å². The highest BCUT2D eigenvalue weighted by molar-refractivity contribution is 6.21. The van der Waals surface area contributed by atoms with Crippen LogP contribution >= 0.6 is 0 Å². The van der Waals surface area contributed by atoms with E-state index in [1.807, 2.05) is 43.8 Å². The molecule has 7 aromatic rings. The molecule has 0 bridgehead atoms. The molecule has 0 aliphatic rings. The van der Waals surface area contributed by atoms with E-state index < -0.39 is 0 Å². The fraction of sp³-hybridized carbons (Fsp3) is 0.105. The predicted molar refractivity (Wildman–Crippen MR) is 173 cm³/mol. The second-order valence-corrected chi connectivity index (χ2v) is 11.0. The second kappa shape index (κ2) is 10.3. The lowest BCUT2D eigenvalue weighted by molar-refractivity contribution is 1.17. The summed E-state index contributed by atoms with van der Waals surface area (Å²) in [5.74, 6) is 0. The van der Waals surface area contributed by atoms with Crippen LogP contribution in [0, 0.1) is 27.7 Å². The number of pyridine rings is 4. The Morgan fingerprint density at radius 3 is 1.67 bits per heavy atom. The van der Waals surface area contributed by atoms with Crippen molar-refractivity contribution < 1.29 is 0 Å². The lowest BCUT2D eigenvalue weighted by atomic mass is 9.85. The van der Waals surface area contributed by atoms with Crippen LogP contribution in [0.15, 0.2) is 110 Å². The van der Waals surface area contributed by atoms with Gasteiger partial charge < -0.3 is 0 Å². The molecule has 4 heterocycles. The van der Waals surface area contributed by atoms with Gasteiger partial charge in [0.25, 0.3) is 0 Å². The van der Waals surface area contributed by atoms with Gasteiger partial charge in [0.05, 0.1) is 17.1 Å². The molecule has 4 aromatic heterocycles. The summed E-state index contributed by atoms with van der Waals surface area (Å²) in [4.78, 5) is 18.8. The zero-order valence-corrected chi connectivity index (χ0v) is 24.2. The summed E-state index contributed by atoms with van der Waals surface area (Å²) in [6, 6.07) is 30.0. The summed E-state index contributed by atoms with van der Waals surface area (Å²) in [5.41, 5.74) is 12.9. The summed E-state index contributed by atoms with van der Waals surface area (Å²) in [7, 11) is 0. The van der Waals surface area contributed by atoms with Gasteiger partial charge in [0.15, 0.2) is 0 Å². The highest BCUT2D eigenvalue weighted by Crippen LogP contribution is 2.45. The number of hydrogen-bond donors (Lipinski definition) is 0. The minimum Gasteiger partial charge on any atom is -0.264 e. The smallest absolute Gasteiger partial charge is 0.0889 e. The number of fused-ring (bicyclic) bond motifs is 2. The Morgan fingerprint density at radius 1 is 0.476 bits per heavy atom. The Balaban J connectivity index is 1.45. The van der Waals surface area contributed by atoms with Gasteiger partial charge in [0.2, 0.25) is 0 Å². The van der Waals surface area contributed by atoms with Crippen LogP contribution in [0.4, 0.5) is 0 Å². The fourth-order valence-corrected chi connectivity index (χ4v) is 6.02. The van der Waals surface area contributed by atoms with Gasteiger partial charge in [-0.05, 0) is 101 Å². The van der Waals surface area contributed by atoms with E-state index in [0.29, 0.717) is 0 Å². The molecule has 0 saturated carbocycles. The predicted octanol–water partition coefficient (Wildman–Crippen LogP) is 9.47. The van der Waals surface area contributed by atoms with Crippen molar-refractivity contribution in [2.45, 2.75) is 27.7 Å². The van der Waals surface area contributed by atoms with Crippen LogP contribution < -0.4 is 0 Å². The van der Waals surface area contributed by atoms with Crippen LogP contribution in [0.1, 0.15) is 22.4 Å². The fourth-order valence-electron chi connectivity index (χ4n) is 6.02. The van der Waals surface area contributed by atoms with Crippen LogP contribution in [0.3, 0.4) is 0 Å². The van der Waals surface area contributed by atoms with E-state index in [2.05, 4.69) is 104 Å². The zero-order valence-electron chi connectivity index (χ0n) is 24.2. The van der Waals surface area contributed by atoms with E-state index in [1.165, 1.54) is 38.2 Å². The maximum atomic E-state index is 5.03. The van der Waals surface area contributed by atoms with Crippen molar-refractivity contribution in [3.8, 4) is 44.9 Å². The lowest BCUT2D eigenvalue weighted by Gasteiger charge is -2.20. The van der Waals surface area contributed by atoms with E-state index in [-0.39, 0.29) is 0 Å².